The molecule has 17 heavy (non-hydrogen) atoms. The smallest absolute Gasteiger partial charge is 0.668 e. The van der Waals surface area contributed by atoms with Crippen molar-refractivity contribution >= 4 is 11.8 Å². The molecule has 5 heteroatoms. The predicted molar refractivity (Wildman–Crippen MR) is 80.8 cm³/mol. The van der Waals surface area contributed by atoms with Gasteiger partial charge < -0.3 is 23.4 Å². The third-order valence-electron chi connectivity index (χ3n) is 1.11. The summed E-state index contributed by atoms with van der Waals surface area (Å²) in [7, 11) is 8.69. The molecule has 4 unspecified atom stereocenters. The SMILES string of the molecule is C[N-]C.C[N-]C.[2H]C1C([2H])C([2H])C(SC[N-]C)C1[2H].[CH3-].[Zr+4]. The van der Waals surface area contributed by atoms with Crippen LogP contribution in [0.25, 0.3) is 16.0 Å². The van der Waals surface area contributed by atoms with E-state index in [1.165, 1.54) is 11.8 Å². The van der Waals surface area contributed by atoms with Crippen molar-refractivity contribution in [1.29, 1.82) is 0 Å². The Morgan fingerprint density at radius 2 is 1.41 bits per heavy atom. The molecule has 0 heterocycles. The van der Waals surface area contributed by atoms with E-state index in [0.29, 0.717) is 5.88 Å². The first-order valence-electron chi connectivity index (χ1n) is 7.05. The van der Waals surface area contributed by atoms with Crippen LogP contribution in [0.3, 0.4) is 0 Å². The minimum atomic E-state index is -0.725. The van der Waals surface area contributed by atoms with Crippen molar-refractivity contribution in [3.8, 4) is 0 Å². The zero-order chi connectivity index (χ0) is 15.4. The van der Waals surface area contributed by atoms with Crippen LogP contribution in [0.15, 0.2) is 0 Å². The first kappa shape index (κ1) is 16.2. The predicted octanol–water partition coefficient (Wildman–Crippen LogP) is 4.31. The van der Waals surface area contributed by atoms with E-state index < -0.39 is 25.6 Å². The molecule has 0 aromatic carbocycles. The first-order chi connectivity index (χ1) is 8.92. The van der Waals surface area contributed by atoms with Gasteiger partial charge >= 0.3 is 26.2 Å². The maximum absolute atomic E-state index is 7.64. The molecule has 0 saturated heterocycles. The van der Waals surface area contributed by atoms with E-state index in [9.17, 15) is 0 Å². The van der Waals surface area contributed by atoms with Gasteiger partial charge in [0.25, 0.3) is 0 Å². The summed E-state index contributed by atoms with van der Waals surface area (Å²) in [5.41, 5.74) is 0. The molecule has 1 aliphatic carbocycles. The molecule has 0 radical (unpaired) electrons. The van der Waals surface area contributed by atoms with Crippen LogP contribution in [0.4, 0.5) is 0 Å². The van der Waals surface area contributed by atoms with Crippen molar-refractivity contribution in [3.05, 3.63) is 23.4 Å². The number of rotatable bonds is 3. The number of hydrogen-bond acceptors (Lipinski definition) is 1. The molecule has 0 amide bonds. The van der Waals surface area contributed by atoms with Crippen LogP contribution in [-0.2, 0) is 26.2 Å². The van der Waals surface area contributed by atoms with Crippen LogP contribution in [0.2, 0.25) is 0 Å². The summed E-state index contributed by atoms with van der Waals surface area (Å²) >= 11 is 1.43. The Kier molecular flexibility index (Phi) is 24.6. The van der Waals surface area contributed by atoms with Gasteiger partial charge in [-0.3, -0.25) is 0 Å². The molecule has 102 valence electrons. The van der Waals surface area contributed by atoms with Crippen molar-refractivity contribution in [2.24, 2.45) is 0 Å². The monoisotopic (exact) mass is 341 g/mol. The van der Waals surface area contributed by atoms with Gasteiger partial charge in [-0.15, -0.1) is 5.88 Å². The second-order valence-electron chi connectivity index (χ2n) is 2.74. The average Bonchev–Trinajstić information content (AvgIpc) is 2.54. The Bertz CT molecular complexity index is 193. The van der Waals surface area contributed by atoms with Crippen molar-refractivity contribution in [2.75, 3.05) is 41.1 Å². The van der Waals surface area contributed by atoms with E-state index in [0.717, 1.165) is 0 Å². The van der Waals surface area contributed by atoms with E-state index in [-0.39, 0.29) is 38.9 Å². The minimum absolute atomic E-state index is 0. The van der Waals surface area contributed by atoms with E-state index in [1.807, 2.05) is 0 Å². The molecular weight excluding hydrogens is 309 g/mol. The van der Waals surface area contributed by atoms with Gasteiger partial charge in [-0.05, 0) is 12.8 Å². The fourth-order valence-electron chi connectivity index (χ4n) is 0.683. The normalized spacial score (nSPS) is 37.1. The summed E-state index contributed by atoms with van der Waals surface area (Å²) in [5, 5.41) is 10.7. The van der Waals surface area contributed by atoms with Crippen LogP contribution in [0, 0.1) is 7.43 Å². The summed E-state index contributed by atoms with van der Waals surface area (Å²) in [5.74, 6) is 0.564. The molecule has 1 saturated carbocycles. The topological polar surface area (TPSA) is 42.3 Å². The Labute approximate surface area is 138 Å². The van der Waals surface area contributed by atoms with Gasteiger partial charge in [-0.25, -0.2) is 0 Å². The summed E-state index contributed by atoms with van der Waals surface area (Å²) in [6.45, 7) is 0. The summed E-state index contributed by atoms with van der Waals surface area (Å²) < 4.78 is 30.3. The second-order valence-corrected chi connectivity index (χ2v) is 3.88. The number of nitrogens with zero attached hydrogens (tertiary/aromatic N) is 3. The number of thioether (sulfide) groups is 1. The maximum Gasteiger partial charge on any atom is 4.00 e. The van der Waals surface area contributed by atoms with Crippen LogP contribution in [-0.4, -0.2) is 46.4 Å². The van der Waals surface area contributed by atoms with Gasteiger partial charge in [0.1, 0.15) is 0 Å². The molecule has 3 nitrogen and oxygen atoms in total. The van der Waals surface area contributed by atoms with Crippen LogP contribution in [0.5, 0.6) is 0 Å². The molecule has 0 N–H and O–H groups in total. The van der Waals surface area contributed by atoms with Gasteiger partial charge in [-0.2, -0.15) is 47.0 Å². The molecule has 1 rings (SSSR count). The van der Waals surface area contributed by atoms with Crippen molar-refractivity contribution < 1.29 is 31.7 Å². The summed E-state index contributed by atoms with van der Waals surface area (Å²) in [6, 6.07) is 0. The third-order valence-corrected chi connectivity index (χ3v) is 2.22. The Morgan fingerprint density at radius 1 is 1.06 bits per heavy atom. The number of hydrogen-bond donors (Lipinski definition) is 0. The van der Waals surface area contributed by atoms with Gasteiger partial charge in [0.05, 0.1) is 0 Å². The average molecular weight is 343 g/mol. The largest absolute Gasteiger partial charge is 4.00 e. The second kappa shape index (κ2) is 25.8. The quantitative estimate of drug-likeness (QED) is 0.705. The van der Waals surface area contributed by atoms with E-state index in [2.05, 4.69) is 16.0 Å². The fraction of sp³-hybridized carbons (Fsp3) is 0.917. The summed E-state index contributed by atoms with van der Waals surface area (Å²) in [4.78, 5) is 0. The molecule has 0 aromatic rings. The van der Waals surface area contributed by atoms with E-state index in [1.54, 1.807) is 35.2 Å². The molecular formula is C12H29N3SZr. The van der Waals surface area contributed by atoms with Gasteiger partial charge in [0.2, 0.25) is 0 Å². The van der Waals surface area contributed by atoms with Crippen molar-refractivity contribution in [3.63, 3.8) is 0 Å². The van der Waals surface area contributed by atoms with Crippen LogP contribution in [0.1, 0.15) is 31.1 Å². The van der Waals surface area contributed by atoms with Crippen molar-refractivity contribution in [2.45, 2.75) is 30.8 Å². The molecule has 4 atom stereocenters. The fourth-order valence-corrected chi connectivity index (χ4v) is 1.41. The molecule has 1 fully saturated rings. The molecule has 0 aliphatic heterocycles. The minimum Gasteiger partial charge on any atom is -0.668 e. The molecule has 0 spiro atoms. The third kappa shape index (κ3) is 26.6. The Morgan fingerprint density at radius 3 is 1.71 bits per heavy atom. The first-order valence-corrected chi connectivity index (χ1v) is 5.79. The van der Waals surface area contributed by atoms with E-state index >= 15 is 0 Å². The van der Waals surface area contributed by atoms with Gasteiger partial charge in [0, 0.05) is 10.7 Å². The van der Waals surface area contributed by atoms with Crippen molar-refractivity contribution in [1.82, 2.24) is 0 Å². The van der Waals surface area contributed by atoms with E-state index in [4.69, 9.17) is 5.48 Å². The maximum atomic E-state index is 7.64. The molecule has 1 aliphatic rings. The van der Waals surface area contributed by atoms with Crippen LogP contribution >= 0.6 is 11.8 Å². The Hall–Kier alpha value is 1.11. The van der Waals surface area contributed by atoms with Gasteiger partial charge in [0.15, 0.2) is 0 Å². The Balaban J connectivity index is -0.000000157. The molecule has 0 bridgehead atoms. The standard InChI is InChI=1S/C7H14NS.2C2H6N.CH3.Zr/c1-8-6-9-7-4-2-3-5-7;2*1-3-2;;/h7H,2-6H2,1H3;2*1-2H3;1H3;/q4*-1;+4/i2D,3D,4D,5D;;;;. The zero-order valence-corrected chi connectivity index (χ0v) is 15.1. The van der Waals surface area contributed by atoms with Gasteiger partial charge in [-0.1, -0.05) is 12.8 Å². The zero-order valence-electron chi connectivity index (χ0n) is 15.8. The summed E-state index contributed by atoms with van der Waals surface area (Å²) in [6.07, 6.45) is -2.65. The van der Waals surface area contributed by atoms with Crippen LogP contribution < -0.4 is 0 Å². The molecule has 0 aromatic heterocycles.